The van der Waals surface area contributed by atoms with E-state index < -0.39 is 0 Å². The number of pyridine rings is 1. The van der Waals surface area contributed by atoms with Crippen molar-refractivity contribution in [3.05, 3.63) is 42.5 Å². The molecule has 0 saturated carbocycles. The van der Waals surface area contributed by atoms with Gasteiger partial charge in [0.1, 0.15) is 5.65 Å². The van der Waals surface area contributed by atoms with Crippen LogP contribution in [0.1, 0.15) is 39.2 Å². The Kier molecular flexibility index (Phi) is 3.80. The summed E-state index contributed by atoms with van der Waals surface area (Å²) in [6, 6.07) is 2.26. The van der Waals surface area contributed by atoms with Crippen molar-refractivity contribution in [2.24, 2.45) is 18.4 Å². The molecule has 0 aromatic carbocycles. The number of rotatable bonds is 2. The maximum Gasteiger partial charge on any atom is 0.150 e. The molecule has 0 amide bonds. The monoisotopic (exact) mass is 352 g/mol. The second-order valence-corrected chi connectivity index (χ2v) is 8.49. The maximum atomic E-state index is 4.70. The van der Waals surface area contributed by atoms with E-state index >= 15 is 0 Å². The van der Waals surface area contributed by atoms with Crippen molar-refractivity contribution in [1.29, 1.82) is 0 Å². The number of allylic oxidation sites excluding steroid dienone is 2. The smallest absolute Gasteiger partial charge is 0.150 e. The van der Waals surface area contributed by atoms with E-state index in [2.05, 4.69) is 50.8 Å². The second kappa shape index (κ2) is 5.77. The van der Waals surface area contributed by atoms with Gasteiger partial charge in [0.05, 0.1) is 6.20 Å². The third kappa shape index (κ3) is 3.01. The molecular weight excluding hydrogens is 328 g/mol. The number of hydrogen-bond acceptors (Lipinski definition) is 3. The molecule has 1 atom stereocenters. The molecule has 0 aliphatic heterocycles. The topological polar surface area (TPSA) is 35.6 Å². The average Bonchev–Trinajstić information content (AvgIpc) is 3.09. The van der Waals surface area contributed by atoms with Gasteiger partial charge in [-0.1, -0.05) is 39.7 Å². The van der Waals surface area contributed by atoms with Crippen LogP contribution in [0.4, 0.5) is 0 Å². The summed E-state index contributed by atoms with van der Waals surface area (Å²) in [5, 5.41) is 5.42. The lowest BCUT2D eigenvalue weighted by Crippen LogP contribution is -2.18. The van der Waals surface area contributed by atoms with E-state index in [4.69, 9.17) is 4.98 Å². The minimum atomic E-state index is 0.240. The van der Waals surface area contributed by atoms with Crippen LogP contribution in [0.2, 0.25) is 0 Å². The fraction of sp³-hybridized carbons (Fsp3) is 0.400. The van der Waals surface area contributed by atoms with Gasteiger partial charge >= 0.3 is 0 Å². The number of aromatic nitrogens is 4. The summed E-state index contributed by atoms with van der Waals surface area (Å²) in [6.07, 6.45) is 12.7. The van der Waals surface area contributed by atoms with Crippen LogP contribution in [0, 0.1) is 11.3 Å². The van der Waals surface area contributed by atoms with Crippen LogP contribution in [0.3, 0.4) is 0 Å². The predicted octanol–water partition coefficient (Wildman–Crippen LogP) is 4.97. The van der Waals surface area contributed by atoms with Crippen molar-refractivity contribution in [3.8, 4) is 11.1 Å². The molecule has 1 aliphatic carbocycles. The Hall–Kier alpha value is -2.01. The van der Waals surface area contributed by atoms with Crippen molar-refractivity contribution in [2.45, 2.75) is 33.6 Å². The molecule has 0 spiro atoms. The quantitative estimate of drug-likeness (QED) is 0.661. The minimum absolute atomic E-state index is 0.240. The Morgan fingerprint density at radius 2 is 2.00 bits per heavy atom. The first kappa shape index (κ1) is 16.5. The lowest BCUT2D eigenvalue weighted by molar-refractivity contribution is 0.337. The minimum Gasteiger partial charge on any atom is -0.277 e. The van der Waals surface area contributed by atoms with E-state index in [0.717, 1.165) is 28.6 Å². The van der Waals surface area contributed by atoms with E-state index in [1.807, 2.05) is 36.5 Å². The van der Waals surface area contributed by atoms with Gasteiger partial charge in [0.2, 0.25) is 0 Å². The van der Waals surface area contributed by atoms with E-state index in [1.54, 1.807) is 3.97 Å². The second-order valence-electron chi connectivity index (χ2n) is 8.06. The Labute approximate surface area is 154 Å². The Morgan fingerprint density at radius 3 is 2.68 bits per heavy atom. The molecule has 0 saturated heterocycles. The molecule has 3 aromatic rings. The van der Waals surface area contributed by atoms with E-state index in [9.17, 15) is 0 Å². The van der Waals surface area contributed by atoms with Crippen LogP contribution in [-0.4, -0.2) is 18.7 Å². The molecule has 25 heavy (non-hydrogen) atoms. The molecule has 5 heteroatoms. The fourth-order valence-corrected chi connectivity index (χ4v) is 4.47. The first-order valence-electron chi connectivity index (χ1n) is 8.74. The van der Waals surface area contributed by atoms with Crippen molar-refractivity contribution in [3.63, 3.8) is 0 Å². The van der Waals surface area contributed by atoms with Crippen LogP contribution < -0.4 is 0 Å². The summed E-state index contributed by atoms with van der Waals surface area (Å²) >= 11 is 4.54. The summed E-state index contributed by atoms with van der Waals surface area (Å²) in [7, 11) is 1.93. The zero-order chi connectivity index (χ0) is 17.8. The normalized spacial score (nSPS) is 20.0. The lowest BCUT2D eigenvalue weighted by Gasteiger charge is -2.32. The molecule has 0 fully saturated rings. The van der Waals surface area contributed by atoms with Crippen LogP contribution >= 0.6 is 12.8 Å². The van der Waals surface area contributed by atoms with Crippen molar-refractivity contribution >= 4 is 29.4 Å². The molecule has 0 radical (unpaired) electrons. The van der Waals surface area contributed by atoms with Gasteiger partial charge in [0, 0.05) is 42.2 Å². The highest BCUT2D eigenvalue weighted by molar-refractivity contribution is 7.78. The van der Waals surface area contributed by atoms with Gasteiger partial charge in [-0.15, -0.1) is 0 Å². The number of fused-ring (bicyclic) bond motifs is 1. The first-order valence-corrected chi connectivity index (χ1v) is 9.14. The summed E-state index contributed by atoms with van der Waals surface area (Å²) in [5.74, 6) is 0.693. The van der Waals surface area contributed by atoms with Crippen molar-refractivity contribution < 1.29 is 0 Å². The molecule has 0 bridgehead atoms. The van der Waals surface area contributed by atoms with E-state index in [1.165, 1.54) is 17.6 Å². The standard InChI is InChI=1S/C20H24N4S/c1-13-5-14(8-20(2,3)7-13)15-6-17-18(16-10-22-23(4)11-16)12-24(25)19(17)21-9-15/h6,8-13,25H,5,7H2,1-4H3. The molecule has 0 N–H and O–H groups in total. The van der Waals surface area contributed by atoms with Crippen LogP contribution in [0.25, 0.3) is 27.7 Å². The Bertz CT molecular complexity index is 977. The van der Waals surface area contributed by atoms with Crippen LogP contribution in [0.15, 0.2) is 36.9 Å². The van der Waals surface area contributed by atoms with E-state index in [-0.39, 0.29) is 5.41 Å². The molecule has 1 aliphatic rings. The van der Waals surface area contributed by atoms with Crippen LogP contribution in [0.5, 0.6) is 0 Å². The summed E-state index contributed by atoms with van der Waals surface area (Å²) < 4.78 is 3.62. The van der Waals surface area contributed by atoms with Gasteiger partial charge in [-0.3, -0.25) is 8.65 Å². The zero-order valence-corrected chi connectivity index (χ0v) is 16.1. The molecule has 130 valence electrons. The summed E-state index contributed by atoms with van der Waals surface area (Å²) in [5.41, 5.74) is 5.96. The number of aryl methyl sites for hydroxylation is 1. The lowest BCUT2D eigenvalue weighted by atomic mass is 9.73. The highest BCUT2D eigenvalue weighted by Crippen LogP contribution is 2.41. The van der Waals surface area contributed by atoms with E-state index in [0.29, 0.717) is 5.92 Å². The predicted molar refractivity (Wildman–Crippen MR) is 106 cm³/mol. The highest BCUT2D eigenvalue weighted by atomic mass is 32.1. The Balaban J connectivity index is 1.86. The third-order valence-corrected chi connectivity index (χ3v) is 5.32. The zero-order valence-electron chi connectivity index (χ0n) is 15.2. The number of thiol groups is 1. The molecule has 3 aromatic heterocycles. The third-order valence-electron chi connectivity index (χ3n) is 5.02. The Morgan fingerprint density at radius 1 is 1.20 bits per heavy atom. The van der Waals surface area contributed by atoms with Gasteiger partial charge in [0.15, 0.2) is 0 Å². The molecular formula is C20H24N4S. The van der Waals surface area contributed by atoms with Gasteiger partial charge in [-0.2, -0.15) is 5.10 Å². The van der Waals surface area contributed by atoms with Crippen molar-refractivity contribution in [1.82, 2.24) is 18.7 Å². The molecule has 4 nitrogen and oxygen atoms in total. The number of hydrogen-bond donors (Lipinski definition) is 1. The van der Waals surface area contributed by atoms with Gasteiger partial charge in [0.25, 0.3) is 0 Å². The van der Waals surface area contributed by atoms with Gasteiger partial charge in [-0.05, 0) is 41.4 Å². The number of nitrogens with zero attached hydrogens (tertiary/aromatic N) is 4. The molecule has 3 heterocycles. The maximum absolute atomic E-state index is 4.70. The molecule has 1 unspecified atom stereocenters. The first-order chi connectivity index (χ1) is 11.8. The van der Waals surface area contributed by atoms with Crippen molar-refractivity contribution in [2.75, 3.05) is 0 Å². The van der Waals surface area contributed by atoms with Gasteiger partial charge < -0.3 is 0 Å². The largest absolute Gasteiger partial charge is 0.277 e. The fourth-order valence-electron chi connectivity index (χ4n) is 4.19. The summed E-state index contributed by atoms with van der Waals surface area (Å²) in [4.78, 5) is 4.70. The summed E-state index contributed by atoms with van der Waals surface area (Å²) in [6.45, 7) is 6.98. The van der Waals surface area contributed by atoms with Gasteiger partial charge in [-0.25, -0.2) is 4.98 Å². The molecule has 4 rings (SSSR count). The SMILES string of the molecule is CC1CC(c2cnc3c(c2)c(-c2cnn(C)c2)cn3S)=CC(C)(C)C1. The van der Waals surface area contributed by atoms with Crippen LogP contribution in [-0.2, 0) is 7.05 Å². The highest BCUT2D eigenvalue weighted by Gasteiger charge is 2.26. The average molecular weight is 353 g/mol.